The summed E-state index contributed by atoms with van der Waals surface area (Å²) in [5.74, 6) is 6.36. The Hall–Kier alpha value is -3.88. The van der Waals surface area contributed by atoms with Crippen molar-refractivity contribution in [2.75, 3.05) is 70.7 Å². The summed E-state index contributed by atoms with van der Waals surface area (Å²) >= 11 is 0. The summed E-state index contributed by atoms with van der Waals surface area (Å²) in [5.41, 5.74) is 2.92. The number of ether oxygens (including phenoxy) is 2. The number of nitrogens with zero attached hydrogens (tertiary/aromatic N) is 3. The van der Waals surface area contributed by atoms with Crippen LogP contribution in [-0.2, 0) is 11.3 Å². The van der Waals surface area contributed by atoms with E-state index in [0.717, 1.165) is 37.0 Å². The standard InChI is InChI=1S/C32H36F3N5O3/c1-38-13-10-23(11-14-38)37-26-6-3-7-28-25(26)16-24(40(28)19-32(33,34)35)5-4-12-36-27-9-8-22(15-29(27)42-2)30(41)39-17-31(18-39)20-43-21-31/h3,6-9,15-16,23,36-37H,10-14,17-21H2,1-2H3. The maximum atomic E-state index is 13.6. The second-order valence-electron chi connectivity index (χ2n) is 11.9. The Kier molecular flexibility index (Phi) is 7.92. The number of carbonyl (C=O) groups excluding carboxylic acids is 1. The minimum absolute atomic E-state index is 0.0515. The van der Waals surface area contributed by atoms with Crippen LogP contribution in [0.3, 0.4) is 0 Å². The molecule has 3 aliphatic rings. The van der Waals surface area contributed by atoms with Crippen molar-refractivity contribution in [2.45, 2.75) is 31.6 Å². The van der Waals surface area contributed by atoms with Gasteiger partial charge in [0.15, 0.2) is 0 Å². The zero-order valence-electron chi connectivity index (χ0n) is 24.4. The number of rotatable bonds is 7. The fourth-order valence-corrected chi connectivity index (χ4v) is 6.14. The minimum Gasteiger partial charge on any atom is -0.495 e. The molecule has 1 aromatic heterocycles. The van der Waals surface area contributed by atoms with Gasteiger partial charge >= 0.3 is 6.18 Å². The van der Waals surface area contributed by atoms with Gasteiger partial charge in [-0.1, -0.05) is 12.0 Å². The molecule has 0 saturated carbocycles. The normalized spacial score (nSPS) is 18.5. The Morgan fingerprint density at radius 1 is 1.12 bits per heavy atom. The van der Waals surface area contributed by atoms with Gasteiger partial charge < -0.3 is 34.5 Å². The van der Waals surface area contributed by atoms with E-state index in [4.69, 9.17) is 9.47 Å². The molecule has 8 nitrogen and oxygen atoms in total. The van der Waals surface area contributed by atoms with Gasteiger partial charge in [0, 0.05) is 35.8 Å². The van der Waals surface area contributed by atoms with Crippen LogP contribution in [0.25, 0.3) is 10.9 Å². The summed E-state index contributed by atoms with van der Waals surface area (Å²) in [7, 11) is 3.62. The zero-order valence-corrected chi connectivity index (χ0v) is 24.4. The Morgan fingerprint density at radius 2 is 1.88 bits per heavy atom. The Labute approximate surface area is 249 Å². The predicted octanol–water partition coefficient (Wildman–Crippen LogP) is 4.65. The number of fused-ring (bicyclic) bond motifs is 1. The number of aromatic nitrogens is 1. The van der Waals surface area contributed by atoms with Gasteiger partial charge in [-0.3, -0.25) is 4.79 Å². The van der Waals surface area contributed by atoms with E-state index in [2.05, 4.69) is 34.4 Å². The van der Waals surface area contributed by atoms with Crippen molar-refractivity contribution in [3.8, 4) is 17.6 Å². The molecular formula is C32H36F3N5O3. The highest BCUT2D eigenvalue weighted by Gasteiger charge is 2.50. The third kappa shape index (κ3) is 6.26. The lowest BCUT2D eigenvalue weighted by molar-refractivity contribution is -0.176. The molecule has 3 aromatic rings. The topological polar surface area (TPSA) is 71.0 Å². The molecule has 1 amide bonds. The van der Waals surface area contributed by atoms with Gasteiger partial charge in [-0.15, -0.1) is 0 Å². The van der Waals surface area contributed by atoms with Crippen molar-refractivity contribution in [3.05, 3.63) is 53.7 Å². The summed E-state index contributed by atoms with van der Waals surface area (Å²) in [4.78, 5) is 17.0. The van der Waals surface area contributed by atoms with Crippen LogP contribution in [0.2, 0.25) is 0 Å². The summed E-state index contributed by atoms with van der Waals surface area (Å²) in [6, 6.07) is 12.6. The van der Waals surface area contributed by atoms with Crippen LogP contribution in [0.5, 0.6) is 5.75 Å². The van der Waals surface area contributed by atoms with Gasteiger partial charge in [-0.25, -0.2) is 0 Å². The summed E-state index contributed by atoms with van der Waals surface area (Å²) in [5, 5.41) is 7.45. The number of piperidine rings is 1. The van der Waals surface area contributed by atoms with E-state index in [1.54, 1.807) is 36.4 Å². The molecule has 0 unspecified atom stereocenters. The zero-order chi connectivity index (χ0) is 30.2. The van der Waals surface area contributed by atoms with Crippen molar-refractivity contribution >= 4 is 28.2 Å². The monoisotopic (exact) mass is 595 g/mol. The van der Waals surface area contributed by atoms with Crippen LogP contribution in [0.15, 0.2) is 42.5 Å². The highest BCUT2D eigenvalue weighted by atomic mass is 19.4. The number of hydrogen-bond acceptors (Lipinski definition) is 6. The molecular weight excluding hydrogens is 559 g/mol. The van der Waals surface area contributed by atoms with Crippen LogP contribution in [0.1, 0.15) is 28.9 Å². The van der Waals surface area contributed by atoms with Gasteiger partial charge in [0.2, 0.25) is 0 Å². The molecule has 0 aliphatic carbocycles. The number of likely N-dealkylation sites (tertiary alicyclic amines) is 2. The highest BCUT2D eigenvalue weighted by Crippen LogP contribution is 2.39. The third-order valence-corrected chi connectivity index (χ3v) is 8.55. The number of alkyl halides is 3. The summed E-state index contributed by atoms with van der Waals surface area (Å²) < 4.78 is 52.9. The number of hydrogen-bond donors (Lipinski definition) is 2. The van der Waals surface area contributed by atoms with Crippen LogP contribution in [-0.4, -0.2) is 92.6 Å². The number of anilines is 2. The molecule has 0 bridgehead atoms. The van der Waals surface area contributed by atoms with Crippen LogP contribution in [0.4, 0.5) is 24.5 Å². The summed E-state index contributed by atoms with van der Waals surface area (Å²) in [6.45, 7) is 3.81. The quantitative estimate of drug-likeness (QED) is 0.388. The fraction of sp³-hybridized carbons (Fsp3) is 0.469. The second-order valence-corrected chi connectivity index (χ2v) is 11.9. The Morgan fingerprint density at radius 3 is 2.56 bits per heavy atom. The first-order valence-electron chi connectivity index (χ1n) is 14.5. The average Bonchev–Trinajstić information content (AvgIpc) is 3.27. The van der Waals surface area contributed by atoms with Crippen molar-refractivity contribution in [1.82, 2.24) is 14.4 Å². The molecule has 228 valence electrons. The fourth-order valence-electron chi connectivity index (χ4n) is 6.14. The SMILES string of the molecule is COc1cc(C(=O)N2CC3(COC3)C2)ccc1NCC#Cc1cc2c(NC3CCN(C)CC3)cccc2n1CC(F)(F)F. The predicted molar refractivity (Wildman–Crippen MR) is 160 cm³/mol. The van der Waals surface area contributed by atoms with E-state index in [1.165, 1.54) is 11.7 Å². The lowest BCUT2D eigenvalue weighted by atomic mass is 9.78. The number of halogens is 3. The van der Waals surface area contributed by atoms with E-state index in [-0.39, 0.29) is 23.9 Å². The molecule has 6 rings (SSSR count). The maximum Gasteiger partial charge on any atom is 0.406 e. The minimum atomic E-state index is -4.40. The van der Waals surface area contributed by atoms with E-state index in [9.17, 15) is 18.0 Å². The first kappa shape index (κ1) is 29.2. The summed E-state index contributed by atoms with van der Waals surface area (Å²) in [6.07, 6.45) is -2.45. The maximum absolute atomic E-state index is 13.6. The van der Waals surface area contributed by atoms with Gasteiger partial charge in [0.25, 0.3) is 5.91 Å². The van der Waals surface area contributed by atoms with Crippen molar-refractivity contribution in [2.24, 2.45) is 5.41 Å². The number of methoxy groups -OCH3 is 1. The number of nitrogens with one attached hydrogen (secondary N) is 2. The van der Waals surface area contributed by atoms with Crippen LogP contribution in [0, 0.1) is 17.3 Å². The number of benzene rings is 2. The van der Waals surface area contributed by atoms with Crippen molar-refractivity contribution in [3.63, 3.8) is 0 Å². The average molecular weight is 596 g/mol. The molecule has 43 heavy (non-hydrogen) atoms. The van der Waals surface area contributed by atoms with E-state index >= 15 is 0 Å². The molecule has 4 heterocycles. The lowest BCUT2D eigenvalue weighted by Gasteiger charge is -2.54. The van der Waals surface area contributed by atoms with Gasteiger partial charge in [0.05, 0.1) is 49.2 Å². The number of carbonyl (C=O) groups is 1. The van der Waals surface area contributed by atoms with Crippen LogP contribution < -0.4 is 15.4 Å². The van der Waals surface area contributed by atoms with Gasteiger partial charge in [-0.2, -0.15) is 13.2 Å². The Bertz CT molecular complexity index is 1550. The van der Waals surface area contributed by atoms with Gasteiger partial charge in [-0.05, 0) is 75.3 Å². The molecule has 3 saturated heterocycles. The molecule has 2 N–H and O–H groups in total. The second kappa shape index (κ2) is 11.7. The smallest absolute Gasteiger partial charge is 0.406 e. The highest BCUT2D eigenvalue weighted by molar-refractivity contribution is 5.96. The van der Waals surface area contributed by atoms with E-state index in [0.29, 0.717) is 54.5 Å². The lowest BCUT2D eigenvalue weighted by Crippen LogP contribution is -2.67. The molecule has 1 spiro atoms. The largest absolute Gasteiger partial charge is 0.495 e. The van der Waals surface area contributed by atoms with Crippen molar-refractivity contribution in [1.29, 1.82) is 0 Å². The molecule has 3 fully saturated rings. The Balaban J connectivity index is 1.17. The molecule has 3 aliphatic heterocycles. The molecule has 0 radical (unpaired) electrons. The number of amides is 1. The van der Waals surface area contributed by atoms with Crippen LogP contribution >= 0.6 is 0 Å². The molecule has 0 atom stereocenters. The molecule has 11 heteroatoms. The van der Waals surface area contributed by atoms with Crippen molar-refractivity contribution < 1.29 is 27.4 Å². The third-order valence-electron chi connectivity index (χ3n) is 8.55. The first-order valence-corrected chi connectivity index (χ1v) is 14.5. The van der Waals surface area contributed by atoms with E-state index in [1.807, 2.05) is 11.0 Å². The molecule has 2 aromatic carbocycles. The first-order chi connectivity index (χ1) is 20.6. The van der Waals surface area contributed by atoms with Gasteiger partial charge in [0.1, 0.15) is 12.3 Å². The van der Waals surface area contributed by atoms with E-state index < -0.39 is 12.7 Å².